The van der Waals surface area contributed by atoms with Crippen molar-refractivity contribution in [2.75, 3.05) is 13.1 Å². The van der Waals surface area contributed by atoms with Crippen molar-refractivity contribution in [2.45, 2.75) is 45.6 Å². The molecular weight excluding hydrogens is 190 g/mol. The van der Waals surface area contributed by atoms with Crippen LogP contribution in [0, 0.1) is 0 Å². The monoisotopic (exact) mass is 213 g/mol. The summed E-state index contributed by atoms with van der Waals surface area (Å²) in [6.45, 7) is 8.77. The minimum Gasteiger partial charge on any atom is -0.480 e. The van der Waals surface area contributed by atoms with Gasteiger partial charge < -0.3 is 5.11 Å². The summed E-state index contributed by atoms with van der Waals surface area (Å²) >= 11 is 0. The first-order chi connectivity index (χ1) is 7.07. The Labute approximate surface area is 92.8 Å². The fourth-order valence-electron chi connectivity index (χ4n) is 1.47. The molecule has 0 aliphatic heterocycles. The van der Waals surface area contributed by atoms with Gasteiger partial charge in [0.2, 0.25) is 0 Å². The quantitative estimate of drug-likeness (QED) is 0.472. The molecule has 0 bridgehead atoms. The number of carbonyl (C=O) groups is 1. The predicted molar refractivity (Wildman–Crippen MR) is 63.0 cm³/mol. The number of unbranched alkanes of at least 4 members (excludes halogenated alkanes) is 3. The number of aliphatic carboxylic acids is 1. The Balaban J connectivity index is 3.66. The molecule has 15 heavy (non-hydrogen) atoms. The van der Waals surface area contributed by atoms with Crippen molar-refractivity contribution in [3.8, 4) is 0 Å². The van der Waals surface area contributed by atoms with Gasteiger partial charge in [-0.2, -0.15) is 0 Å². The van der Waals surface area contributed by atoms with Crippen molar-refractivity contribution < 1.29 is 9.90 Å². The van der Waals surface area contributed by atoms with Crippen molar-refractivity contribution in [3.05, 3.63) is 12.7 Å². The molecule has 0 aromatic heterocycles. The second-order valence-corrected chi connectivity index (χ2v) is 4.10. The number of carboxylic acids is 1. The second-order valence-electron chi connectivity index (χ2n) is 4.10. The maximum Gasteiger partial charge on any atom is 0.317 e. The minimum atomic E-state index is -0.741. The van der Waals surface area contributed by atoms with Crippen LogP contribution in [0.4, 0.5) is 0 Å². The van der Waals surface area contributed by atoms with Crippen LogP contribution in [0.1, 0.15) is 39.5 Å². The van der Waals surface area contributed by atoms with Crippen molar-refractivity contribution in [3.63, 3.8) is 0 Å². The van der Waals surface area contributed by atoms with E-state index in [2.05, 4.69) is 6.58 Å². The Kier molecular flexibility index (Phi) is 8.01. The molecule has 0 spiro atoms. The predicted octanol–water partition coefficient (Wildman–Crippen LogP) is 2.53. The van der Waals surface area contributed by atoms with Gasteiger partial charge >= 0.3 is 5.97 Å². The summed E-state index contributed by atoms with van der Waals surface area (Å²) in [6.07, 6.45) is 6.36. The first-order valence-electron chi connectivity index (χ1n) is 5.64. The summed E-state index contributed by atoms with van der Waals surface area (Å²) < 4.78 is 0. The zero-order chi connectivity index (χ0) is 11.7. The molecule has 0 aliphatic carbocycles. The molecule has 0 atom stereocenters. The van der Waals surface area contributed by atoms with E-state index in [1.54, 1.807) is 0 Å². The number of allylic oxidation sites excluding steroid dienone is 1. The number of hydrogen-bond acceptors (Lipinski definition) is 2. The highest BCUT2D eigenvalue weighted by molar-refractivity contribution is 5.69. The molecule has 0 fully saturated rings. The number of hydrogen-bond donors (Lipinski definition) is 1. The Morgan fingerprint density at radius 3 is 2.53 bits per heavy atom. The van der Waals surface area contributed by atoms with Crippen LogP contribution in [0.25, 0.3) is 0 Å². The molecule has 0 heterocycles. The van der Waals surface area contributed by atoms with Gasteiger partial charge in [-0.1, -0.05) is 12.5 Å². The highest BCUT2D eigenvalue weighted by Crippen LogP contribution is 2.05. The molecule has 0 saturated carbocycles. The van der Waals surface area contributed by atoms with E-state index >= 15 is 0 Å². The molecule has 0 unspecified atom stereocenters. The van der Waals surface area contributed by atoms with Gasteiger partial charge in [0.25, 0.3) is 0 Å². The molecule has 1 N–H and O–H groups in total. The van der Waals surface area contributed by atoms with Crippen LogP contribution in [-0.2, 0) is 4.79 Å². The zero-order valence-corrected chi connectivity index (χ0v) is 9.91. The molecule has 0 aromatic carbocycles. The Morgan fingerprint density at radius 1 is 1.40 bits per heavy atom. The first-order valence-corrected chi connectivity index (χ1v) is 5.64. The first kappa shape index (κ1) is 14.2. The molecule has 3 nitrogen and oxygen atoms in total. The van der Waals surface area contributed by atoms with Crippen molar-refractivity contribution >= 4 is 5.97 Å². The van der Waals surface area contributed by atoms with Crippen LogP contribution in [0.15, 0.2) is 12.7 Å². The molecule has 0 amide bonds. The zero-order valence-electron chi connectivity index (χ0n) is 9.91. The lowest BCUT2D eigenvalue weighted by Gasteiger charge is -2.24. The lowest BCUT2D eigenvalue weighted by molar-refractivity contribution is -0.138. The minimum absolute atomic E-state index is 0.152. The van der Waals surface area contributed by atoms with E-state index in [4.69, 9.17) is 5.11 Å². The summed E-state index contributed by atoms with van der Waals surface area (Å²) in [5, 5.41) is 8.72. The topological polar surface area (TPSA) is 40.5 Å². The molecule has 0 radical (unpaired) electrons. The van der Waals surface area contributed by atoms with Crippen LogP contribution in [-0.4, -0.2) is 35.1 Å². The third kappa shape index (κ3) is 8.18. The average molecular weight is 213 g/mol. The van der Waals surface area contributed by atoms with Gasteiger partial charge in [-0.25, -0.2) is 0 Å². The normalized spacial score (nSPS) is 10.9. The van der Waals surface area contributed by atoms with Gasteiger partial charge in [0.1, 0.15) is 0 Å². The number of rotatable bonds is 9. The maximum atomic E-state index is 10.6. The number of carboxylic acid groups (broad SMARTS) is 1. The van der Waals surface area contributed by atoms with Crippen LogP contribution in [0.5, 0.6) is 0 Å². The largest absolute Gasteiger partial charge is 0.480 e. The van der Waals surface area contributed by atoms with Crippen molar-refractivity contribution in [1.82, 2.24) is 4.90 Å². The molecule has 3 heteroatoms. The molecule has 88 valence electrons. The van der Waals surface area contributed by atoms with E-state index in [9.17, 15) is 4.79 Å². The lowest BCUT2D eigenvalue weighted by Crippen LogP contribution is -2.36. The van der Waals surface area contributed by atoms with Crippen LogP contribution >= 0.6 is 0 Å². The van der Waals surface area contributed by atoms with E-state index in [0.29, 0.717) is 6.04 Å². The van der Waals surface area contributed by atoms with Gasteiger partial charge in [-0.3, -0.25) is 9.69 Å². The van der Waals surface area contributed by atoms with Gasteiger partial charge in [0, 0.05) is 6.04 Å². The van der Waals surface area contributed by atoms with Gasteiger partial charge in [0.15, 0.2) is 0 Å². The van der Waals surface area contributed by atoms with Crippen LogP contribution < -0.4 is 0 Å². The Hall–Kier alpha value is -0.830. The van der Waals surface area contributed by atoms with Crippen LogP contribution in [0.3, 0.4) is 0 Å². The fraction of sp³-hybridized carbons (Fsp3) is 0.750. The maximum absolute atomic E-state index is 10.6. The summed E-state index contributed by atoms with van der Waals surface area (Å²) in [6, 6.07) is 0.306. The van der Waals surface area contributed by atoms with Gasteiger partial charge in [0.05, 0.1) is 6.54 Å². The average Bonchev–Trinajstić information content (AvgIpc) is 2.15. The Bertz CT molecular complexity index is 190. The van der Waals surface area contributed by atoms with Crippen molar-refractivity contribution in [2.24, 2.45) is 0 Å². The molecule has 0 saturated heterocycles. The smallest absolute Gasteiger partial charge is 0.317 e. The lowest BCUT2D eigenvalue weighted by atomic mass is 10.1. The SMILES string of the molecule is C=CCCCCCN(CC(=O)O)C(C)C. The van der Waals surface area contributed by atoms with Crippen molar-refractivity contribution in [1.29, 1.82) is 0 Å². The fourth-order valence-corrected chi connectivity index (χ4v) is 1.47. The summed E-state index contributed by atoms with van der Waals surface area (Å²) in [5.74, 6) is -0.741. The standard InChI is InChI=1S/C12H23NO2/c1-4-5-6-7-8-9-13(11(2)3)10-12(14)15/h4,11H,1,5-10H2,2-3H3,(H,14,15). The summed E-state index contributed by atoms with van der Waals surface area (Å²) in [5.41, 5.74) is 0. The molecular formula is C12H23NO2. The second kappa shape index (κ2) is 8.48. The van der Waals surface area contributed by atoms with E-state index in [0.717, 1.165) is 32.2 Å². The number of nitrogens with zero attached hydrogens (tertiary/aromatic N) is 1. The van der Waals surface area contributed by atoms with Crippen LogP contribution in [0.2, 0.25) is 0 Å². The van der Waals surface area contributed by atoms with Gasteiger partial charge in [-0.05, 0) is 39.7 Å². The van der Waals surface area contributed by atoms with Gasteiger partial charge in [-0.15, -0.1) is 6.58 Å². The molecule has 0 rings (SSSR count). The van der Waals surface area contributed by atoms with E-state index in [1.165, 1.54) is 0 Å². The highest BCUT2D eigenvalue weighted by atomic mass is 16.4. The summed E-state index contributed by atoms with van der Waals surface area (Å²) in [7, 11) is 0. The van der Waals surface area contributed by atoms with E-state index in [1.807, 2.05) is 24.8 Å². The Morgan fingerprint density at radius 2 is 2.07 bits per heavy atom. The van der Waals surface area contributed by atoms with E-state index < -0.39 is 5.97 Å². The third-order valence-corrected chi connectivity index (χ3v) is 2.42. The third-order valence-electron chi connectivity index (χ3n) is 2.42. The highest BCUT2D eigenvalue weighted by Gasteiger charge is 2.12. The van der Waals surface area contributed by atoms with E-state index in [-0.39, 0.29) is 6.54 Å². The molecule has 0 aromatic rings. The molecule has 0 aliphatic rings. The summed E-state index contributed by atoms with van der Waals surface area (Å²) in [4.78, 5) is 12.6.